The van der Waals surface area contributed by atoms with Gasteiger partial charge in [-0.05, 0) is 13.0 Å². The monoisotopic (exact) mass is 368 g/mol. The standard InChI is InChI=1S/C16H11ClF2N2O4/c1-8-15(25-16(22)23)21-6-10(17)5-12(14(21)20-8)24-7-9-3-2-4-11(18)13(9)19/h2-6H,7H2,1H3,(H,22,23). The predicted octanol–water partition coefficient (Wildman–Crippen LogP) is 4.21. The van der Waals surface area contributed by atoms with E-state index in [1.165, 1.54) is 28.8 Å². The highest BCUT2D eigenvalue weighted by Gasteiger charge is 2.18. The van der Waals surface area contributed by atoms with Crippen LogP contribution in [0, 0.1) is 18.6 Å². The summed E-state index contributed by atoms with van der Waals surface area (Å²) in [7, 11) is 0. The molecule has 0 fully saturated rings. The molecule has 6 nitrogen and oxygen atoms in total. The van der Waals surface area contributed by atoms with E-state index < -0.39 is 17.8 Å². The fourth-order valence-electron chi connectivity index (χ4n) is 2.30. The number of rotatable bonds is 4. The lowest BCUT2D eigenvalue weighted by atomic mass is 10.2. The van der Waals surface area contributed by atoms with E-state index in [0.29, 0.717) is 5.69 Å². The van der Waals surface area contributed by atoms with Crippen molar-refractivity contribution in [2.24, 2.45) is 0 Å². The number of pyridine rings is 1. The van der Waals surface area contributed by atoms with Gasteiger partial charge in [0.1, 0.15) is 12.3 Å². The van der Waals surface area contributed by atoms with Gasteiger partial charge in [-0.3, -0.25) is 4.40 Å². The predicted molar refractivity (Wildman–Crippen MR) is 84.3 cm³/mol. The lowest BCUT2D eigenvalue weighted by Crippen LogP contribution is -2.06. The van der Waals surface area contributed by atoms with Crippen LogP contribution >= 0.6 is 11.6 Å². The van der Waals surface area contributed by atoms with E-state index in [0.717, 1.165) is 6.07 Å². The number of aromatic nitrogens is 2. The Morgan fingerprint density at radius 1 is 1.40 bits per heavy atom. The summed E-state index contributed by atoms with van der Waals surface area (Å²) in [4.78, 5) is 15.0. The molecule has 3 aromatic rings. The van der Waals surface area contributed by atoms with Gasteiger partial charge in [0.05, 0.1) is 5.02 Å². The van der Waals surface area contributed by atoms with Crippen LogP contribution in [0.2, 0.25) is 5.02 Å². The van der Waals surface area contributed by atoms with E-state index in [4.69, 9.17) is 26.2 Å². The minimum absolute atomic E-state index is 0.0170. The molecule has 0 aliphatic carbocycles. The molecule has 1 N–H and O–H groups in total. The maximum atomic E-state index is 13.7. The first-order valence-corrected chi connectivity index (χ1v) is 7.39. The lowest BCUT2D eigenvalue weighted by Gasteiger charge is -2.10. The summed E-state index contributed by atoms with van der Waals surface area (Å²) < 4.78 is 38.5. The number of carboxylic acid groups (broad SMARTS) is 1. The van der Waals surface area contributed by atoms with Gasteiger partial charge in [0.25, 0.3) is 0 Å². The van der Waals surface area contributed by atoms with Gasteiger partial charge in [0, 0.05) is 17.8 Å². The van der Waals surface area contributed by atoms with Gasteiger partial charge < -0.3 is 14.6 Å². The van der Waals surface area contributed by atoms with Crippen molar-refractivity contribution < 1.29 is 28.2 Å². The van der Waals surface area contributed by atoms with E-state index in [1.54, 1.807) is 6.92 Å². The average molecular weight is 369 g/mol. The van der Waals surface area contributed by atoms with Crippen molar-refractivity contribution in [1.82, 2.24) is 9.38 Å². The van der Waals surface area contributed by atoms with Crippen molar-refractivity contribution in [3.8, 4) is 11.6 Å². The molecule has 3 rings (SSSR count). The third-order valence-corrected chi connectivity index (χ3v) is 3.58. The smallest absolute Gasteiger partial charge is 0.485 e. The molecule has 0 saturated heterocycles. The molecular weight excluding hydrogens is 358 g/mol. The Balaban J connectivity index is 1.99. The zero-order chi connectivity index (χ0) is 18.1. The van der Waals surface area contributed by atoms with Crippen molar-refractivity contribution in [1.29, 1.82) is 0 Å². The van der Waals surface area contributed by atoms with Crippen molar-refractivity contribution in [3.63, 3.8) is 0 Å². The molecule has 25 heavy (non-hydrogen) atoms. The second-order valence-corrected chi connectivity index (χ2v) is 5.52. The molecule has 0 aliphatic heterocycles. The highest BCUT2D eigenvalue weighted by Crippen LogP contribution is 2.30. The second kappa shape index (κ2) is 6.56. The fourth-order valence-corrected chi connectivity index (χ4v) is 2.50. The summed E-state index contributed by atoms with van der Waals surface area (Å²) in [6.07, 6.45) is -0.0979. The van der Waals surface area contributed by atoms with Crippen LogP contribution in [0.3, 0.4) is 0 Å². The number of carbonyl (C=O) groups is 1. The highest BCUT2D eigenvalue weighted by atomic mass is 35.5. The van der Waals surface area contributed by atoms with Crippen LogP contribution in [0.5, 0.6) is 11.6 Å². The van der Waals surface area contributed by atoms with Gasteiger partial charge >= 0.3 is 6.16 Å². The van der Waals surface area contributed by atoms with E-state index in [2.05, 4.69) is 4.98 Å². The summed E-state index contributed by atoms with van der Waals surface area (Å²) >= 11 is 6.01. The zero-order valence-corrected chi connectivity index (χ0v) is 13.6. The van der Waals surface area contributed by atoms with E-state index in [-0.39, 0.29) is 34.5 Å². The fraction of sp³-hybridized carbons (Fsp3) is 0.125. The Morgan fingerprint density at radius 3 is 2.88 bits per heavy atom. The molecule has 0 saturated carbocycles. The second-order valence-electron chi connectivity index (χ2n) is 5.09. The number of aryl methyl sites for hydroxylation is 1. The van der Waals surface area contributed by atoms with Crippen molar-refractivity contribution >= 4 is 23.4 Å². The van der Waals surface area contributed by atoms with Gasteiger partial charge in [-0.1, -0.05) is 23.7 Å². The molecular formula is C16H11ClF2N2O4. The Morgan fingerprint density at radius 2 is 2.16 bits per heavy atom. The maximum Gasteiger partial charge on any atom is 0.512 e. The normalized spacial score (nSPS) is 10.9. The van der Waals surface area contributed by atoms with E-state index >= 15 is 0 Å². The number of nitrogens with zero attached hydrogens (tertiary/aromatic N) is 2. The maximum absolute atomic E-state index is 13.7. The van der Waals surface area contributed by atoms with Crippen molar-refractivity contribution in [2.45, 2.75) is 13.5 Å². The molecule has 2 heterocycles. The molecule has 0 unspecified atom stereocenters. The molecule has 0 aliphatic rings. The topological polar surface area (TPSA) is 73.1 Å². The van der Waals surface area contributed by atoms with Crippen LogP contribution in [0.4, 0.5) is 13.6 Å². The SMILES string of the molecule is Cc1nc2c(OCc3cccc(F)c3F)cc(Cl)cn2c1OC(=O)O. The number of hydrogen-bond donors (Lipinski definition) is 1. The quantitative estimate of drug-likeness (QED) is 0.698. The summed E-state index contributed by atoms with van der Waals surface area (Å²) in [5.74, 6) is -1.85. The van der Waals surface area contributed by atoms with Crippen LogP contribution in [0.15, 0.2) is 30.5 Å². The molecule has 0 spiro atoms. The third kappa shape index (κ3) is 3.34. The van der Waals surface area contributed by atoms with Crippen LogP contribution in [0.1, 0.15) is 11.3 Å². The number of halogens is 3. The molecule has 130 valence electrons. The summed E-state index contributed by atoms with van der Waals surface area (Å²) in [6.45, 7) is 1.29. The minimum atomic E-state index is -1.51. The number of hydrogen-bond acceptors (Lipinski definition) is 4. The minimum Gasteiger partial charge on any atom is -0.485 e. The number of imidazole rings is 1. The van der Waals surface area contributed by atoms with Gasteiger partial charge in [0.15, 0.2) is 23.0 Å². The van der Waals surface area contributed by atoms with Crippen molar-refractivity contribution in [3.05, 3.63) is 58.4 Å². The highest BCUT2D eigenvalue weighted by molar-refractivity contribution is 6.30. The lowest BCUT2D eigenvalue weighted by molar-refractivity contribution is 0.141. The number of fused-ring (bicyclic) bond motifs is 1. The molecule has 0 bridgehead atoms. The average Bonchev–Trinajstić information content (AvgIpc) is 2.84. The number of benzene rings is 1. The van der Waals surface area contributed by atoms with Gasteiger partial charge in [-0.15, -0.1) is 0 Å². The summed E-state index contributed by atoms with van der Waals surface area (Å²) in [5.41, 5.74) is 0.546. The molecule has 0 atom stereocenters. The van der Waals surface area contributed by atoms with Gasteiger partial charge in [-0.2, -0.15) is 0 Å². The van der Waals surface area contributed by atoms with Crippen LogP contribution in [0.25, 0.3) is 5.65 Å². The van der Waals surface area contributed by atoms with Crippen LogP contribution in [-0.4, -0.2) is 20.6 Å². The van der Waals surface area contributed by atoms with E-state index in [1.807, 2.05) is 0 Å². The number of ether oxygens (including phenoxy) is 2. The Labute approximate surface area is 145 Å². The Bertz CT molecular complexity index is 974. The molecule has 0 radical (unpaired) electrons. The third-order valence-electron chi connectivity index (χ3n) is 3.37. The zero-order valence-electron chi connectivity index (χ0n) is 12.8. The van der Waals surface area contributed by atoms with Crippen LogP contribution < -0.4 is 9.47 Å². The van der Waals surface area contributed by atoms with Gasteiger partial charge in [0.2, 0.25) is 5.88 Å². The molecule has 1 aromatic carbocycles. The molecule has 9 heteroatoms. The van der Waals surface area contributed by atoms with E-state index in [9.17, 15) is 13.6 Å². The van der Waals surface area contributed by atoms with Gasteiger partial charge in [-0.25, -0.2) is 18.6 Å². The first-order valence-electron chi connectivity index (χ1n) is 7.01. The molecule has 2 aromatic heterocycles. The first-order chi connectivity index (χ1) is 11.9. The summed E-state index contributed by atoms with van der Waals surface area (Å²) in [6, 6.07) is 5.19. The molecule has 0 amide bonds. The summed E-state index contributed by atoms with van der Waals surface area (Å²) in [5, 5.41) is 9.03. The Kier molecular flexibility index (Phi) is 4.45. The first kappa shape index (κ1) is 17.0. The van der Waals surface area contributed by atoms with Crippen LogP contribution in [-0.2, 0) is 6.61 Å². The van der Waals surface area contributed by atoms with Crippen molar-refractivity contribution in [2.75, 3.05) is 0 Å². The largest absolute Gasteiger partial charge is 0.512 e. The Hall–Kier alpha value is -2.87.